The number of rotatable bonds is 6. The Kier molecular flexibility index (Phi) is 6.89. The van der Waals surface area contributed by atoms with Crippen molar-refractivity contribution in [3.8, 4) is 0 Å². The number of amides is 1. The Morgan fingerprint density at radius 1 is 1.08 bits per heavy atom. The van der Waals surface area contributed by atoms with Crippen LogP contribution >= 0.6 is 0 Å². The Morgan fingerprint density at radius 3 is 2.45 bits per heavy atom. The van der Waals surface area contributed by atoms with E-state index in [9.17, 15) is 22.8 Å². The fraction of sp³-hybridized carbons (Fsp3) is 0.733. The van der Waals surface area contributed by atoms with E-state index in [-0.39, 0.29) is 53.1 Å². The van der Waals surface area contributed by atoms with Crippen LogP contribution in [0.2, 0.25) is 0 Å². The van der Waals surface area contributed by atoms with Crippen LogP contribution in [0.5, 0.6) is 0 Å². The first-order chi connectivity index (χ1) is 17.8. The summed E-state index contributed by atoms with van der Waals surface area (Å²) in [6, 6.07) is 10.2. The van der Waals surface area contributed by atoms with Crippen molar-refractivity contribution in [1.82, 2.24) is 5.32 Å². The van der Waals surface area contributed by atoms with E-state index in [0.29, 0.717) is 12.5 Å². The Labute approximate surface area is 223 Å². The van der Waals surface area contributed by atoms with Gasteiger partial charge in [0.25, 0.3) is 0 Å². The molecule has 1 heterocycles. The summed E-state index contributed by atoms with van der Waals surface area (Å²) >= 11 is 0. The molecule has 3 aliphatic carbocycles. The molecule has 210 valence electrons. The van der Waals surface area contributed by atoms with Gasteiger partial charge in [0.15, 0.2) is 0 Å². The van der Waals surface area contributed by atoms with Gasteiger partial charge in [-0.15, -0.1) is 0 Å². The summed E-state index contributed by atoms with van der Waals surface area (Å²) in [4.78, 5) is 23.7. The van der Waals surface area contributed by atoms with Gasteiger partial charge in [-0.3, -0.25) is 9.59 Å². The first-order valence-corrected chi connectivity index (χ1v) is 14.0. The standard InChI is InChI=1S/C30H40F3NO4/c1-18-10-12-27(3,21(14-18)17-37-19(2)35)23-11-13-28(4)24(22(23)16-34-26(36)30(31,32)33)15-25-29(28,38-25)20-8-6-5-7-9-20/h5-9,18,21-25H,10-17H2,1-4H3,(H,34,36)/t18-,21+,22+,23-,24-,25+,27-,28-,29+/m0/s1. The van der Waals surface area contributed by atoms with E-state index in [1.807, 2.05) is 18.2 Å². The SMILES string of the molecule is CC(=O)OC[C@H]1C[C@@H](C)CC[C@]1(C)[C@H]1CC[C@@]2(C)[C@@H](C[C@H]3O[C@]32c2ccccc2)[C@@H]1CNC(=O)C(F)(F)F. The summed E-state index contributed by atoms with van der Waals surface area (Å²) in [6.07, 6.45) is 0.527. The van der Waals surface area contributed by atoms with Gasteiger partial charge in [-0.1, -0.05) is 57.5 Å². The highest BCUT2D eigenvalue weighted by Gasteiger charge is 2.77. The molecule has 8 heteroatoms. The Balaban J connectivity index is 1.49. The van der Waals surface area contributed by atoms with Gasteiger partial charge in [0.1, 0.15) is 5.60 Å². The quantitative estimate of drug-likeness (QED) is 0.358. The average molecular weight is 536 g/mol. The highest BCUT2D eigenvalue weighted by Crippen LogP contribution is 2.75. The first-order valence-electron chi connectivity index (χ1n) is 14.0. The van der Waals surface area contributed by atoms with E-state index in [0.717, 1.165) is 44.1 Å². The zero-order valence-corrected chi connectivity index (χ0v) is 22.8. The fourth-order valence-electron chi connectivity index (χ4n) is 8.92. The van der Waals surface area contributed by atoms with Crippen LogP contribution in [0.1, 0.15) is 71.8 Å². The van der Waals surface area contributed by atoms with Gasteiger partial charge >= 0.3 is 18.1 Å². The van der Waals surface area contributed by atoms with Crippen molar-refractivity contribution in [2.24, 2.45) is 40.4 Å². The molecule has 0 unspecified atom stereocenters. The highest BCUT2D eigenvalue weighted by atomic mass is 19.4. The zero-order chi connectivity index (χ0) is 27.5. The second kappa shape index (κ2) is 9.53. The van der Waals surface area contributed by atoms with Gasteiger partial charge < -0.3 is 14.8 Å². The van der Waals surface area contributed by atoms with E-state index in [1.165, 1.54) is 6.92 Å². The van der Waals surface area contributed by atoms with Crippen LogP contribution in [0, 0.1) is 40.4 Å². The monoisotopic (exact) mass is 535 g/mol. The Bertz CT molecular complexity index is 1060. The molecule has 38 heavy (non-hydrogen) atoms. The lowest BCUT2D eigenvalue weighted by Crippen LogP contribution is -2.56. The third-order valence-corrected chi connectivity index (χ3v) is 11.0. The molecule has 0 spiro atoms. The van der Waals surface area contributed by atoms with E-state index in [1.54, 1.807) is 0 Å². The number of epoxide rings is 1. The van der Waals surface area contributed by atoms with Crippen LogP contribution in [-0.2, 0) is 24.7 Å². The molecule has 0 bridgehead atoms. The summed E-state index contributed by atoms with van der Waals surface area (Å²) in [5, 5.41) is 2.27. The zero-order valence-electron chi connectivity index (χ0n) is 22.8. The number of ether oxygens (including phenoxy) is 2. The molecular weight excluding hydrogens is 495 g/mol. The molecule has 3 saturated carbocycles. The van der Waals surface area contributed by atoms with Gasteiger partial charge in [0, 0.05) is 18.9 Å². The van der Waals surface area contributed by atoms with Crippen LogP contribution in [0.15, 0.2) is 30.3 Å². The number of fused-ring (bicyclic) bond motifs is 3. The highest BCUT2D eigenvalue weighted by molar-refractivity contribution is 5.81. The second-order valence-electron chi connectivity index (χ2n) is 12.9. The molecule has 1 amide bonds. The topological polar surface area (TPSA) is 67.9 Å². The lowest BCUT2D eigenvalue weighted by molar-refractivity contribution is -0.175. The molecule has 1 aromatic carbocycles. The normalized spacial score (nSPS) is 42.1. The van der Waals surface area contributed by atoms with E-state index in [2.05, 4.69) is 38.2 Å². The minimum Gasteiger partial charge on any atom is -0.466 e. The van der Waals surface area contributed by atoms with Gasteiger partial charge in [0.2, 0.25) is 0 Å². The van der Waals surface area contributed by atoms with Crippen molar-refractivity contribution in [3.05, 3.63) is 35.9 Å². The summed E-state index contributed by atoms with van der Waals surface area (Å²) in [5.74, 6) is -1.48. The lowest BCUT2D eigenvalue weighted by atomic mass is 9.47. The van der Waals surface area contributed by atoms with Crippen LogP contribution in [0.25, 0.3) is 0 Å². The van der Waals surface area contributed by atoms with Crippen molar-refractivity contribution in [3.63, 3.8) is 0 Å². The van der Waals surface area contributed by atoms with Crippen molar-refractivity contribution in [2.75, 3.05) is 13.2 Å². The van der Waals surface area contributed by atoms with Crippen molar-refractivity contribution in [2.45, 2.75) is 84.1 Å². The molecule has 5 nitrogen and oxygen atoms in total. The van der Waals surface area contributed by atoms with Crippen LogP contribution < -0.4 is 5.32 Å². The predicted octanol–water partition coefficient (Wildman–Crippen LogP) is 6.02. The van der Waals surface area contributed by atoms with Crippen molar-refractivity contribution in [1.29, 1.82) is 0 Å². The Hall–Kier alpha value is -2.09. The van der Waals surface area contributed by atoms with Crippen LogP contribution in [0.4, 0.5) is 13.2 Å². The summed E-state index contributed by atoms with van der Waals surface area (Å²) < 4.78 is 51.6. The fourth-order valence-corrected chi connectivity index (χ4v) is 8.92. The molecule has 1 saturated heterocycles. The number of carbonyl (C=O) groups excluding carboxylic acids is 2. The summed E-state index contributed by atoms with van der Waals surface area (Å²) in [6.45, 7) is 8.44. The number of alkyl halides is 3. The molecule has 4 aliphatic rings. The largest absolute Gasteiger partial charge is 0.471 e. The molecule has 4 fully saturated rings. The number of carbonyl (C=O) groups is 2. The Morgan fingerprint density at radius 2 is 1.79 bits per heavy atom. The molecule has 0 aromatic heterocycles. The number of halogens is 3. The third-order valence-electron chi connectivity index (χ3n) is 11.0. The average Bonchev–Trinajstić information content (AvgIpc) is 3.54. The van der Waals surface area contributed by atoms with Crippen LogP contribution in [-0.4, -0.2) is 37.3 Å². The van der Waals surface area contributed by atoms with Crippen LogP contribution in [0.3, 0.4) is 0 Å². The smallest absolute Gasteiger partial charge is 0.466 e. The molecule has 0 radical (unpaired) electrons. The third kappa shape index (κ3) is 4.35. The van der Waals surface area contributed by atoms with Gasteiger partial charge in [-0.2, -0.15) is 13.2 Å². The minimum atomic E-state index is -4.91. The van der Waals surface area contributed by atoms with Gasteiger partial charge in [0.05, 0.1) is 12.7 Å². The maximum atomic E-state index is 13.2. The molecule has 1 aromatic rings. The molecular formula is C30H40F3NO4. The number of hydrogen-bond donors (Lipinski definition) is 1. The maximum absolute atomic E-state index is 13.2. The maximum Gasteiger partial charge on any atom is 0.471 e. The van der Waals surface area contributed by atoms with Crippen molar-refractivity contribution < 1.29 is 32.2 Å². The first kappa shape index (κ1) is 27.5. The summed E-state index contributed by atoms with van der Waals surface area (Å²) in [5.41, 5.74) is 0.268. The summed E-state index contributed by atoms with van der Waals surface area (Å²) in [7, 11) is 0. The number of hydrogen-bond acceptors (Lipinski definition) is 4. The van der Waals surface area contributed by atoms with Crippen molar-refractivity contribution >= 4 is 11.9 Å². The van der Waals surface area contributed by atoms with E-state index >= 15 is 0 Å². The molecule has 1 aliphatic heterocycles. The lowest BCUT2D eigenvalue weighted by Gasteiger charge is -2.58. The van der Waals surface area contributed by atoms with Gasteiger partial charge in [-0.25, -0.2) is 0 Å². The van der Waals surface area contributed by atoms with E-state index < -0.39 is 17.7 Å². The molecule has 9 atom stereocenters. The number of benzene rings is 1. The molecule has 5 rings (SSSR count). The molecule has 1 N–H and O–H groups in total. The van der Waals surface area contributed by atoms with Gasteiger partial charge in [-0.05, 0) is 72.7 Å². The number of nitrogens with one attached hydrogen (secondary N) is 1. The second-order valence-corrected chi connectivity index (χ2v) is 12.9. The number of esters is 1. The predicted molar refractivity (Wildman–Crippen MR) is 136 cm³/mol. The van der Waals surface area contributed by atoms with E-state index in [4.69, 9.17) is 9.47 Å². The minimum absolute atomic E-state index is 0.00765.